The normalized spacial score (nSPS) is 19.7. The standard InChI is InChI=1S/C12H15ClN2O/c13-10-5-3-9(4-6-10)12(16)15-8-11-2-1-7-14-11/h3-6,11,14H,1-2,7-8H2,(H,15,16). The molecular weight excluding hydrogens is 224 g/mol. The van der Waals surface area contributed by atoms with Crippen LogP contribution in [0.15, 0.2) is 24.3 Å². The van der Waals surface area contributed by atoms with Crippen molar-refractivity contribution in [3.05, 3.63) is 34.9 Å². The van der Waals surface area contributed by atoms with Gasteiger partial charge in [0.2, 0.25) is 0 Å². The van der Waals surface area contributed by atoms with Gasteiger partial charge in [0.05, 0.1) is 0 Å². The molecule has 0 radical (unpaired) electrons. The van der Waals surface area contributed by atoms with Gasteiger partial charge in [-0.15, -0.1) is 0 Å². The van der Waals surface area contributed by atoms with E-state index in [0.29, 0.717) is 23.2 Å². The fourth-order valence-corrected chi connectivity index (χ4v) is 1.98. The lowest BCUT2D eigenvalue weighted by Gasteiger charge is -2.11. The molecule has 1 heterocycles. The van der Waals surface area contributed by atoms with Crippen LogP contribution in [0.25, 0.3) is 0 Å². The monoisotopic (exact) mass is 238 g/mol. The zero-order chi connectivity index (χ0) is 11.4. The quantitative estimate of drug-likeness (QED) is 0.844. The smallest absolute Gasteiger partial charge is 0.251 e. The summed E-state index contributed by atoms with van der Waals surface area (Å²) in [6, 6.07) is 7.35. The molecule has 86 valence electrons. The van der Waals surface area contributed by atoms with Crippen molar-refractivity contribution in [2.75, 3.05) is 13.1 Å². The Morgan fingerprint density at radius 2 is 2.19 bits per heavy atom. The highest BCUT2D eigenvalue weighted by molar-refractivity contribution is 6.30. The number of amides is 1. The van der Waals surface area contributed by atoms with Gasteiger partial charge in [-0.1, -0.05) is 11.6 Å². The lowest BCUT2D eigenvalue weighted by Crippen LogP contribution is -2.37. The molecule has 2 N–H and O–H groups in total. The third-order valence-corrected chi connectivity index (χ3v) is 3.03. The van der Waals surface area contributed by atoms with Gasteiger partial charge < -0.3 is 10.6 Å². The Kier molecular flexibility index (Phi) is 3.80. The summed E-state index contributed by atoms with van der Waals surface area (Å²) in [6.07, 6.45) is 2.34. The molecule has 1 atom stereocenters. The van der Waals surface area contributed by atoms with Crippen molar-refractivity contribution in [3.63, 3.8) is 0 Å². The van der Waals surface area contributed by atoms with Crippen LogP contribution in [0.2, 0.25) is 5.02 Å². The highest BCUT2D eigenvalue weighted by atomic mass is 35.5. The topological polar surface area (TPSA) is 41.1 Å². The third-order valence-electron chi connectivity index (χ3n) is 2.78. The third kappa shape index (κ3) is 2.97. The zero-order valence-electron chi connectivity index (χ0n) is 9.00. The van der Waals surface area contributed by atoms with Crippen LogP contribution in [0.3, 0.4) is 0 Å². The van der Waals surface area contributed by atoms with E-state index in [1.807, 2.05) is 0 Å². The van der Waals surface area contributed by atoms with Crippen molar-refractivity contribution >= 4 is 17.5 Å². The van der Waals surface area contributed by atoms with Crippen LogP contribution in [0.5, 0.6) is 0 Å². The number of rotatable bonds is 3. The van der Waals surface area contributed by atoms with Gasteiger partial charge in [0.1, 0.15) is 0 Å². The largest absolute Gasteiger partial charge is 0.350 e. The highest BCUT2D eigenvalue weighted by Gasteiger charge is 2.14. The summed E-state index contributed by atoms with van der Waals surface area (Å²) in [7, 11) is 0. The van der Waals surface area contributed by atoms with Crippen molar-refractivity contribution in [1.29, 1.82) is 0 Å². The van der Waals surface area contributed by atoms with Gasteiger partial charge in [-0.05, 0) is 43.7 Å². The molecule has 1 fully saturated rings. The average molecular weight is 239 g/mol. The van der Waals surface area contributed by atoms with E-state index >= 15 is 0 Å². The molecule has 0 saturated carbocycles. The molecular formula is C12H15ClN2O. The van der Waals surface area contributed by atoms with E-state index in [4.69, 9.17) is 11.6 Å². The summed E-state index contributed by atoms with van der Waals surface area (Å²) in [4.78, 5) is 11.7. The molecule has 3 nitrogen and oxygen atoms in total. The second kappa shape index (κ2) is 5.32. The van der Waals surface area contributed by atoms with Crippen molar-refractivity contribution in [1.82, 2.24) is 10.6 Å². The molecule has 2 rings (SSSR count). The van der Waals surface area contributed by atoms with Crippen molar-refractivity contribution < 1.29 is 4.79 Å². The van der Waals surface area contributed by atoms with Gasteiger partial charge in [-0.3, -0.25) is 4.79 Å². The maximum Gasteiger partial charge on any atom is 0.251 e. The van der Waals surface area contributed by atoms with E-state index < -0.39 is 0 Å². The summed E-state index contributed by atoms with van der Waals surface area (Å²) in [5.74, 6) is -0.0367. The predicted octanol–water partition coefficient (Wildman–Crippen LogP) is 1.82. The summed E-state index contributed by atoms with van der Waals surface area (Å²) >= 11 is 5.76. The summed E-state index contributed by atoms with van der Waals surface area (Å²) < 4.78 is 0. The number of carbonyl (C=O) groups excluding carboxylic acids is 1. The van der Waals surface area contributed by atoms with E-state index in [1.165, 1.54) is 6.42 Å². The number of hydrogen-bond acceptors (Lipinski definition) is 2. The van der Waals surface area contributed by atoms with Gasteiger partial charge >= 0.3 is 0 Å². The Labute approximate surface area is 100 Å². The predicted molar refractivity (Wildman–Crippen MR) is 64.8 cm³/mol. The van der Waals surface area contributed by atoms with Crippen LogP contribution >= 0.6 is 11.6 Å². The van der Waals surface area contributed by atoms with E-state index in [2.05, 4.69) is 10.6 Å². The highest BCUT2D eigenvalue weighted by Crippen LogP contribution is 2.09. The fourth-order valence-electron chi connectivity index (χ4n) is 1.85. The molecule has 4 heteroatoms. The van der Waals surface area contributed by atoms with E-state index in [1.54, 1.807) is 24.3 Å². The second-order valence-electron chi connectivity index (χ2n) is 4.01. The van der Waals surface area contributed by atoms with E-state index in [9.17, 15) is 4.79 Å². The molecule has 0 bridgehead atoms. The van der Waals surface area contributed by atoms with Gasteiger partial charge in [-0.25, -0.2) is 0 Å². The Morgan fingerprint density at radius 1 is 1.44 bits per heavy atom. The Morgan fingerprint density at radius 3 is 2.81 bits per heavy atom. The number of carbonyl (C=O) groups is 1. The lowest BCUT2D eigenvalue weighted by atomic mass is 10.2. The molecule has 0 spiro atoms. The Bertz CT molecular complexity index is 358. The molecule has 1 amide bonds. The average Bonchev–Trinajstić information content (AvgIpc) is 2.80. The fraction of sp³-hybridized carbons (Fsp3) is 0.417. The molecule has 1 aliphatic heterocycles. The molecule has 0 aromatic heterocycles. The molecule has 1 aromatic rings. The van der Waals surface area contributed by atoms with Crippen LogP contribution in [0, 0.1) is 0 Å². The van der Waals surface area contributed by atoms with Gasteiger partial charge in [0.25, 0.3) is 5.91 Å². The number of halogens is 1. The first-order valence-corrected chi connectivity index (χ1v) is 5.90. The molecule has 1 unspecified atom stereocenters. The van der Waals surface area contributed by atoms with Crippen molar-refractivity contribution in [3.8, 4) is 0 Å². The van der Waals surface area contributed by atoms with Crippen LogP contribution < -0.4 is 10.6 Å². The number of benzene rings is 1. The first-order chi connectivity index (χ1) is 7.75. The minimum Gasteiger partial charge on any atom is -0.350 e. The first kappa shape index (κ1) is 11.4. The van der Waals surface area contributed by atoms with E-state index in [-0.39, 0.29) is 5.91 Å². The van der Waals surface area contributed by atoms with Crippen LogP contribution in [0.4, 0.5) is 0 Å². The van der Waals surface area contributed by atoms with Crippen LogP contribution in [0.1, 0.15) is 23.2 Å². The maximum atomic E-state index is 11.7. The molecule has 1 saturated heterocycles. The lowest BCUT2D eigenvalue weighted by molar-refractivity contribution is 0.0950. The molecule has 0 aliphatic carbocycles. The minimum atomic E-state index is -0.0367. The SMILES string of the molecule is O=C(NCC1CCCN1)c1ccc(Cl)cc1. The van der Waals surface area contributed by atoms with Crippen molar-refractivity contribution in [2.24, 2.45) is 0 Å². The van der Waals surface area contributed by atoms with E-state index in [0.717, 1.165) is 13.0 Å². The van der Waals surface area contributed by atoms with Gasteiger partial charge in [0, 0.05) is 23.2 Å². The Hall–Kier alpha value is -1.06. The minimum absolute atomic E-state index is 0.0367. The van der Waals surface area contributed by atoms with Crippen LogP contribution in [-0.2, 0) is 0 Å². The molecule has 1 aromatic carbocycles. The van der Waals surface area contributed by atoms with Crippen LogP contribution in [-0.4, -0.2) is 25.0 Å². The molecule has 16 heavy (non-hydrogen) atoms. The zero-order valence-corrected chi connectivity index (χ0v) is 9.76. The summed E-state index contributed by atoms with van der Waals surface area (Å²) in [5.41, 5.74) is 0.655. The van der Waals surface area contributed by atoms with Crippen molar-refractivity contribution in [2.45, 2.75) is 18.9 Å². The second-order valence-corrected chi connectivity index (χ2v) is 4.45. The van der Waals surface area contributed by atoms with Gasteiger partial charge in [0.15, 0.2) is 0 Å². The number of hydrogen-bond donors (Lipinski definition) is 2. The summed E-state index contributed by atoms with van der Waals surface area (Å²) in [6.45, 7) is 1.75. The number of nitrogens with one attached hydrogen (secondary N) is 2. The first-order valence-electron chi connectivity index (χ1n) is 5.53. The Balaban J connectivity index is 1.85. The summed E-state index contributed by atoms with van der Waals surface area (Å²) in [5, 5.41) is 6.90. The van der Waals surface area contributed by atoms with Gasteiger partial charge in [-0.2, -0.15) is 0 Å². The maximum absolute atomic E-state index is 11.7. The molecule has 1 aliphatic rings.